The molecular weight excluding hydrogens is 280 g/mol. The van der Waals surface area contributed by atoms with E-state index in [1.54, 1.807) is 29.5 Å². The van der Waals surface area contributed by atoms with Crippen LogP contribution in [0.3, 0.4) is 0 Å². The van der Waals surface area contributed by atoms with E-state index >= 15 is 0 Å². The Morgan fingerprint density at radius 2 is 2.18 bits per heavy atom. The van der Waals surface area contributed by atoms with Crippen molar-refractivity contribution >= 4 is 16.9 Å². The van der Waals surface area contributed by atoms with Crippen molar-refractivity contribution < 1.29 is 4.74 Å². The van der Waals surface area contributed by atoms with Crippen LogP contribution in [0.5, 0.6) is 0 Å². The Kier molecular flexibility index (Phi) is 3.19. The third-order valence-corrected chi connectivity index (χ3v) is 3.87. The molecule has 1 atom stereocenters. The van der Waals surface area contributed by atoms with Gasteiger partial charge in [0.25, 0.3) is 0 Å². The largest absolute Gasteiger partial charge is 0.368 e. The summed E-state index contributed by atoms with van der Waals surface area (Å²) in [5, 5.41) is 5.65. The highest BCUT2D eigenvalue weighted by atomic mass is 16.5. The van der Waals surface area contributed by atoms with Crippen molar-refractivity contribution in [3.8, 4) is 0 Å². The summed E-state index contributed by atoms with van der Waals surface area (Å²) in [5.74, 6) is 0.870. The molecule has 4 heterocycles. The van der Waals surface area contributed by atoms with Crippen LogP contribution in [-0.2, 0) is 11.8 Å². The molecule has 1 unspecified atom stereocenters. The SMILES string of the molecule is Cn1nc(C2CN(c3cnccn3)CCO2)c2cccnc21. The molecule has 0 radical (unpaired) electrons. The molecule has 7 heteroatoms. The Labute approximate surface area is 127 Å². The van der Waals surface area contributed by atoms with E-state index in [4.69, 9.17) is 4.74 Å². The van der Waals surface area contributed by atoms with Crippen LogP contribution in [0, 0.1) is 0 Å². The first kappa shape index (κ1) is 13.1. The molecule has 1 aliphatic rings. The van der Waals surface area contributed by atoms with Crippen LogP contribution in [0.1, 0.15) is 11.8 Å². The number of nitrogens with zero attached hydrogens (tertiary/aromatic N) is 6. The van der Waals surface area contributed by atoms with Crippen molar-refractivity contribution in [3.63, 3.8) is 0 Å². The molecule has 1 aliphatic heterocycles. The predicted molar refractivity (Wildman–Crippen MR) is 81.4 cm³/mol. The van der Waals surface area contributed by atoms with E-state index < -0.39 is 0 Å². The minimum atomic E-state index is -0.0938. The molecule has 0 bridgehead atoms. The fourth-order valence-electron chi connectivity index (χ4n) is 2.83. The molecule has 0 N–H and O–H groups in total. The molecule has 22 heavy (non-hydrogen) atoms. The number of aryl methyl sites for hydroxylation is 1. The zero-order chi connectivity index (χ0) is 14.9. The normalized spacial score (nSPS) is 18.8. The van der Waals surface area contributed by atoms with Gasteiger partial charge in [-0.2, -0.15) is 5.10 Å². The van der Waals surface area contributed by atoms with Crippen molar-refractivity contribution in [1.82, 2.24) is 24.7 Å². The summed E-state index contributed by atoms with van der Waals surface area (Å²) in [6, 6.07) is 3.96. The van der Waals surface area contributed by atoms with E-state index in [2.05, 4.69) is 25.0 Å². The van der Waals surface area contributed by atoms with Crippen LogP contribution < -0.4 is 4.90 Å². The topological polar surface area (TPSA) is 69.0 Å². The fourth-order valence-corrected chi connectivity index (χ4v) is 2.83. The highest BCUT2D eigenvalue weighted by Gasteiger charge is 2.27. The first-order valence-electron chi connectivity index (χ1n) is 7.23. The molecule has 3 aromatic heterocycles. The van der Waals surface area contributed by atoms with Gasteiger partial charge in [0, 0.05) is 37.6 Å². The average molecular weight is 296 g/mol. The number of pyridine rings is 1. The maximum atomic E-state index is 5.94. The van der Waals surface area contributed by atoms with E-state index in [1.165, 1.54) is 0 Å². The van der Waals surface area contributed by atoms with Crippen LogP contribution in [0.15, 0.2) is 36.9 Å². The van der Waals surface area contributed by atoms with Crippen LogP contribution in [-0.4, -0.2) is 44.4 Å². The highest BCUT2D eigenvalue weighted by Crippen LogP contribution is 2.28. The molecule has 1 saturated heterocycles. The molecule has 0 spiro atoms. The molecule has 7 nitrogen and oxygen atoms in total. The average Bonchev–Trinajstić information content (AvgIpc) is 2.93. The third kappa shape index (κ3) is 2.19. The molecule has 112 valence electrons. The Bertz CT molecular complexity index is 787. The summed E-state index contributed by atoms with van der Waals surface area (Å²) < 4.78 is 7.74. The second kappa shape index (κ2) is 5.34. The quantitative estimate of drug-likeness (QED) is 0.711. The Morgan fingerprint density at radius 3 is 3.05 bits per heavy atom. The number of hydrogen-bond donors (Lipinski definition) is 0. The van der Waals surface area contributed by atoms with Gasteiger partial charge >= 0.3 is 0 Å². The molecule has 0 aromatic carbocycles. The van der Waals surface area contributed by atoms with Gasteiger partial charge < -0.3 is 9.64 Å². The van der Waals surface area contributed by atoms with Crippen LogP contribution >= 0.6 is 0 Å². The molecule has 0 aliphatic carbocycles. The monoisotopic (exact) mass is 296 g/mol. The summed E-state index contributed by atoms with van der Waals surface area (Å²) in [6.07, 6.45) is 6.85. The first-order valence-corrected chi connectivity index (χ1v) is 7.23. The van der Waals surface area contributed by atoms with Crippen LogP contribution in [0.2, 0.25) is 0 Å². The lowest BCUT2D eigenvalue weighted by Crippen LogP contribution is -2.39. The summed E-state index contributed by atoms with van der Waals surface area (Å²) in [7, 11) is 1.90. The maximum Gasteiger partial charge on any atom is 0.157 e. The van der Waals surface area contributed by atoms with Crippen molar-refractivity contribution in [2.75, 3.05) is 24.6 Å². The van der Waals surface area contributed by atoms with Gasteiger partial charge in [-0.1, -0.05) is 0 Å². The third-order valence-electron chi connectivity index (χ3n) is 3.87. The number of rotatable bonds is 2. The van der Waals surface area contributed by atoms with Crippen LogP contribution in [0.4, 0.5) is 5.82 Å². The highest BCUT2D eigenvalue weighted by molar-refractivity contribution is 5.78. The lowest BCUT2D eigenvalue weighted by molar-refractivity contribution is 0.0373. The molecular formula is C15H16N6O. The molecule has 1 fully saturated rings. The van der Waals surface area contributed by atoms with Gasteiger partial charge in [0.2, 0.25) is 0 Å². The summed E-state index contributed by atoms with van der Waals surface area (Å²) in [6.45, 7) is 2.15. The van der Waals surface area contributed by atoms with Gasteiger partial charge in [-0.25, -0.2) is 9.97 Å². The van der Waals surface area contributed by atoms with Crippen LogP contribution in [0.25, 0.3) is 11.0 Å². The van der Waals surface area contributed by atoms with E-state index in [0.717, 1.165) is 29.1 Å². The predicted octanol–water partition coefficient (Wildman–Crippen LogP) is 1.34. The van der Waals surface area contributed by atoms with E-state index in [-0.39, 0.29) is 6.10 Å². The lowest BCUT2D eigenvalue weighted by atomic mass is 10.1. The van der Waals surface area contributed by atoms with Gasteiger partial charge in [-0.15, -0.1) is 0 Å². The Balaban J connectivity index is 1.67. The summed E-state index contributed by atoms with van der Waals surface area (Å²) in [5.41, 5.74) is 1.80. The van der Waals surface area contributed by atoms with E-state index in [0.29, 0.717) is 13.2 Å². The second-order valence-corrected chi connectivity index (χ2v) is 5.25. The molecule has 0 saturated carbocycles. The lowest BCUT2D eigenvalue weighted by Gasteiger charge is -2.32. The zero-order valence-corrected chi connectivity index (χ0v) is 12.3. The van der Waals surface area contributed by atoms with Gasteiger partial charge in [0.1, 0.15) is 17.6 Å². The van der Waals surface area contributed by atoms with Crippen molar-refractivity contribution in [3.05, 3.63) is 42.6 Å². The Hall–Kier alpha value is -2.54. The van der Waals surface area contributed by atoms with Crippen molar-refractivity contribution in [2.24, 2.45) is 7.05 Å². The Morgan fingerprint density at radius 1 is 1.23 bits per heavy atom. The number of aromatic nitrogens is 5. The smallest absolute Gasteiger partial charge is 0.157 e. The van der Waals surface area contributed by atoms with Crippen molar-refractivity contribution in [2.45, 2.75) is 6.10 Å². The molecule has 4 rings (SSSR count). The van der Waals surface area contributed by atoms with Gasteiger partial charge in [0.05, 0.1) is 19.3 Å². The number of ether oxygens (including phenoxy) is 1. The number of morpholine rings is 1. The second-order valence-electron chi connectivity index (χ2n) is 5.25. The molecule has 3 aromatic rings. The summed E-state index contributed by atoms with van der Waals surface area (Å²) >= 11 is 0. The number of fused-ring (bicyclic) bond motifs is 1. The van der Waals surface area contributed by atoms with Gasteiger partial charge in [-0.05, 0) is 12.1 Å². The standard InChI is InChI=1S/C15H16N6O/c1-20-15-11(3-2-4-18-15)14(19-20)12-10-21(7-8-22-12)13-9-16-5-6-17-13/h2-6,9,12H,7-8,10H2,1H3. The number of hydrogen-bond acceptors (Lipinski definition) is 6. The van der Waals surface area contributed by atoms with Crippen molar-refractivity contribution in [1.29, 1.82) is 0 Å². The zero-order valence-electron chi connectivity index (χ0n) is 12.3. The van der Waals surface area contributed by atoms with E-state index in [1.807, 2.05) is 19.2 Å². The first-order chi connectivity index (χ1) is 10.8. The van der Waals surface area contributed by atoms with E-state index in [9.17, 15) is 0 Å². The number of anilines is 1. The minimum Gasteiger partial charge on any atom is -0.368 e. The van der Waals surface area contributed by atoms with Gasteiger partial charge in [0.15, 0.2) is 5.65 Å². The fraction of sp³-hybridized carbons (Fsp3) is 0.333. The minimum absolute atomic E-state index is 0.0938. The maximum absolute atomic E-state index is 5.94. The van der Waals surface area contributed by atoms with Gasteiger partial charge in [-0.3, -0.25) is 9.67 Å². The molecule has 0 amide bonds. The summed E-state index contributed by atoms with van der Waals surface area (Å²) in [4.78, 5) is 15.1.